The molecule has 3 aromatic carbocycles. The summed E-state index contributed by atoms with van der Waals surface area (Å²) in [4.78, 5) is 0. The van der Waals surface area contributed by atoms with Crippen LogP contribution in [0.25, 0.3) is 16.3 Å². The van der Waals surface area contributed by atoms with Gasteiger partial charge in [-0.25, -0.2) is 0 Å². The number of allylic oxidation sites excluding steroid dienone is 2. The summed E-state index contributed by atoms with van der Waals surface area (Å²) in [6.07, 6.45) is 4.73. The highest BCUT2D eigenvalue weighted by molar-refractivity contribution is 5.95. The molecule has 0 spiro atoms. The van der Waals surface area contributed by atoms with Crippen LogP contribution in [0.5, 0.6) is 0 Å². The van der Waals surface area contributed by atoms with Gasteiger partial charge in [-0.05, 0) is 59.7 Å². The SMILES string of the molecule is C(#Cc1ccccc1)C1=C(c2cccc3ccccc23)CCCC1. The first-order chi connectivity index (χ1) is 11.9. The van der Waals surface area contributed by atoms with Crippen LogP contribution in [0.4, 0.5) is 0 Å². The fourth-order valence-electron chi connectivity index (χ4n) is 3.50. The number of benzene rings is 3. The molecular weight excluding hydrogens is 288 g/mol. The van der Waals surface area contributed by atoms with E-state index >= 15 is 0 Å². The summed E-state index contributed by atoms with van der Waals surface area (Å²) in [6.45, 7) is 0. The first-order valence-corrected chi connectivity index (χ1v) is 8.69. The Morgan fingerprint density at radius 1 is 0.625 bits per heavy atom. The van der Waals surface area contributed by atoms with Gasteiger partial charge in [-0.2, -0.15) is 0 Å². The zero-order valence-electron chi connectivity index (χ0n) is 13.8. The lowest BCUT2D eigenvalue weighted by Crippen LogP contribution is -1.99. The smallest absolute Gasteiger partial charge is 0.0248 e. The van der Waals surface area contributed by atoms with Gasteiger partial charge in [0.1, 0.15) is 0 Å². The molecule has 0 nitrogen and oxygen atoms in total. The largest absolute Gasteiger partial charge is 0.0658 e. The van der Waals surface area contributed by atoms with E-state index < -0.39 is 0 Å². The van der Waals surface area contributed by atoms with Gasteiger partial charge in [-0.15, -0.1) is 0 Å². The fourth-order valence-corrected chi connectivity index (χ4v) is 3.50. The molecule has 1 aliphatic rings. The number of hydrogen-bond acceptors (Lipinski definition) is 0. The normalized spacial score (nSPS) is 14.3. The maximum Gasteiger partial charge on any atom is 0.0248 e. The van der Waals surface area contributed by atoms with Crippen LogP contribution in [0.1, 0.15) is 36.8 Å². The maximum atomic E-state index is 3.48. The molecule has 0 aromatic heterocycles. The molecule has 0 saturated carbocycles. The lowest BCUT2D eigenvalue weighted by atomic mass is 9.85. The first-order valence-electron chi connectivity index (χ1n) is 8.69. The van der Waals surface area contributed by atoms with Gasteiger partial charge in [0, 0.05) is 11.1 Å². The van der Waals surface area contributed by atoms with Crippen molar-refractivity contribution in [3.8, 4) is 11.8 Å². The monoisotopic (exact) mass is 308 g/mol. The van der Waals surface area contributed by atoms with Gasteiger partial charge >= 0.3 is 0 Å². The van der Waals surface area contributed by atoms with Gasteiger partial charge in [0.2, 0.25) is 0 Å². The van der Waals surface area contributed by atoms with Crippen molar-refractivity contribution in [1.82, 2.24) is 0 Å². The number of rotatable bonds is 1. The average Bonchev–Trinajstić information content (AvgIpc) is 2.67. The molecule has 0 aliphatic heterocycles. The van der Waals surface area contributed by atoms with Gasteiger partial charge in [-0.3, -0.25) is 0 Å². The minimum atomic E-state index is 1.09. The molecule has 0 N–H and O–H groups in total. The van der Waals surface area contributed by atoms with E-state index in [-0.39, 0.29) is 0 Å². The highest BCUT2D eigenvalue weighted by atomic mass is 14.2. The van der Waals surface area contributed by atoms with Crippen LogP contribution >= 0.6 is 0 Å². The van der Waals surface area contributed by atoms with E-state index in [9.17, 15) is 0 Å². The van der Waals surface area contributed by atoms with Crippen molar-refractivity contribution in [2.75, 3.05) is 0 Å². The van der Waals surface area contributed by atoms with Gasteiger partial charge in [0.25, 0.3) is 0 Å². The van der Waals surface area contributed by atoms with Crippen LogP contribution in [0.15, 0.2) is 78.4 Å². The first kappa shape index (κ1) is 14.8. The zero-order chi connectivity index (χ0) is 16.2. The van der Waals surface area contributed by atoms with Crippen molar-refractivity contribution in [2.24, 2.45) is 0 Å². The molecule has 0 bridgehead atoms. The van der Waals surface area contributed by atoms with Crippen molar-refractivity contribution in [3.63, 3.8) is 0 Å². The van der Waals surface area contributed by atoms with Gasteiger partial charge in [0.15, 0.2) is 0 Å². The third-order valence-electron chi connectivity index (χ3n) is 4.71. The molecule has 3 aromatic rings. The molecule has 0 heterocycles. The Hall–Kier alpha value is -2.78. The Balaban J connectivity index is 1.84. The summed E-state index contributed by atoms with van der Waals surface area (Å²) in [5.41, 5.74) is 5.22. The third-order valence-corrected chi connectivity index (χ3v) is 4.71. The predicted octanol–water partition coefficient (Wildman–Crippen LogP) is 6.22. The Morgan fingerprint density at radius 2 is 1.38 bits per heavy atom. The van der Waals surface area contributed by atoms with E-state index in [1.165, 1.54) is 40.3 Å². The molecule has 4 rings (SSSR count). The zero-order valence-corrected chi connectivity index (χ0v) is 13.8. The predicted molar refractivity (Wildman–Crippen MR) is 103 cm³/mol. The molecule has 0 saturated heterocycles. The van der Waals surface area contributed by atoms with Gasteiger partial charge in [0.05, 0.1) is 0 Å². The number of hydrogen-bond donors (Lipinski definition) is 0. The van der Waals surface area contributed by atoms with E-state index in [1.807, 2.05) is 18.2 Å². The van der Waals surface area contributed by atoms with E-state index in [4.69, 9.17) is 0 Å². The lowest BCUT2D eigenvalue weighted by Gasteiger charge is -2.19. The topological polar surface area (TPSA) is 0 Å². The Morgan fingerprint density at radius 3 is 2.29 bits per heavy atom. The third kappa shape index (κ3) is 2.99. The molecule has 0 unspecified atom stereocenters. The highest BCUT2D eigenvalue weighted by Gasteiger charge is 2.15. The molecule has 0 fully saturated rings. The molecular formula is C24H20. The van der Waals surface area contributed by atoms with E-state index in [0.29, 0.717) is 0 Å². The van der Waals surface area contributed by atoms with Crippen molar-refractivity contribution in [3.05, 3.63) is 89.5 Å². The van der Waals surface area contributed by atoms with Crippen molar-refractivity contribution in [2.45, 2.75) is 25.7 Å². The minimum Gasteiger partial charge on any atom is -0.0658 e. The average molecular weight is 308 g/mol. The highest BCUT2D eigenvalue weighted by Crippen LogP contribution is 2.35. The van der Waals surface area contributed by atoms with Crippen LogP contribution in [-0.4, -0.2) is 0 Å². The summed E-state index contributed by atoms with van der Waals surface area (Å²) in [6, 6.07) is 25.6. The second kappa shape index (κ2) is 6.77. The maximum absolute atomic E-state index is 3.48. The van der Waals surface area contributed by atoms with Crippen molar-refractivity contribution in [1.29, 1.82) is 0 Å². The van der Waals surface area contributed by atoms with E-state index in [1.54, 1.807) is 0 Å². The molecule has 0 atom stereocenters. The molecule has 116 valence electrons. The van der Waals surface area contributed by atoms with Crippen LogP contribution in [0.3, 0.4) is 0 Å². The van der Waals surface area contributed by atoms with E-state index in [2.05, 4.69) is 66.4 Å². The van der Waals surface area contributed by atoms with Crippen LogP contribution in [-0.2, 0) is 0 Å². The van der Waals surface area contributed by atoms with Crippen molar-refractivity contribution >= 4 is 16.3 Å². The summed E-state index contributed by atoms with van der Waals surface area (Å²) < 4.78 is 0. The number of fused-ring (bicyclic) bond motifs is 1. The van der Waals surface area contributed by atoms with E-state index in [0.717, 1.165) is 18.4 Å². The Bertz CT molecular complexity index is 944. The lowest BCUT2D eigenvalue weighted by molar-refractivity contribution is 0.728. The second-order valence-corrected chi connectivity index (χ2v) is 6.31. The van der Waals surface area contributed by atoms with Crippen LogP contribution in [0.2, 0.25) is 0 Å². The summed E-state index contributed by atoms with van der Waals surface area (Å²) in [5, 5.41) is 2.65. The summed E-state index contributed by atoms with van der Waals surface area (Å²) in [5.74, 6) is 6.84. The van der Waals surface area contributed by atoms with Gasteiger partial charge < -0.3 is 0 Å². The Labute approximate surface area is 143 Å². The Kier molecular flexibility index (Phi) is 4.17. The standard InChI is InChI=1S/C24H20/c1-2-9-19(10-3-1)17-18-21-12-5-7-15-23(21)24-16-8-13-20-11-4-6-14-22(20)24/h1-4,6,8-11,13-14,16H,5,7,12,15H2. The summed E-state index contributed by atoms with van der Waals surface area (Å²) in [7, 11) is 0. The van der Waals surface area contributed by atoms with Gasteiger partial charge in [-0.1, -0.05) is 72.5 Å². The fraction of sp³-hybridized carbons (Fsp3) is 0.167. The molecule has 0 amide bonds. The molecule has 0 radical (unpaired) electrons. The minimum absolute atomic E-state index is 1.09. The molecule has 1 aliphatic carbocycles. The quantitative estimate of drug-likeness (QED) is 0.468. The molecule has 0 heteroatoms. The van der Waals surface area contributed by atoms with Crippen LogP contribution in [0, 0.1) is 11.8 Å². The van der Waals surface area contributed by atoms with Crippen molar-refractivity contribution < 1.29 is 0 Å². The second-order valence-electron chi connectivity index (χ2n) is 6.31. The summed E-state index contributed by atoms with van der Waals surface area (Å²) >= 11 is 0. The van der Waals surface area contributed by atoms with Crippen LogP contribution < -0.4 is 0 Å². The molecule has 24 heavy (non-hydrogen) atoms.